The number of hydrogen-bond donors (Lipinski definition) is 1. The van der Waals surface area contributed by atoms with E-state index in [-0.39, 0.29) is 5.69 Å². The maximum absolute atomic E-state index is 11.2. The highest BCUT2D eigenvalue weighted by molar-refractivity contribution is 6.00. The summed E-state index contributed by atoms with van der Waals surface area (Å²) in [5.41, 5.74) is 2.47. The molecule has 0 saturated carbocycles. The van der Waals surface area contributed by atoms with Gasteiger partial charge in [-0.3, -0.25) is 0 Å². The topological polar surface area (TPSA) is 59.4 Å². The fraction of sp³-hybridized carbons (Fsp3) is 0.0588. The molecule has 0 unspecified atom stereocenters. The van der Waals surface area contributed by atoms with Crippen LogP contribution in [0.3, 0.4) is 0 Å². The molecule has 21 heavy (non-hydrogen) atoms. The highest BCUT2D eigenvalue weighted by Gasteiger charge is 2.14. The molecule has 4 nitrogen and oxygen atoms in total. The minimum atomic E-state index is -1.07. The molecule has 0 aliphatic carbocycles. The lowest BCUT2D eigenvalue weighted by Gasteiger charge is -2.10. The number of benzene rings is 2. The van der Waals surface area contributed by atoms with Gasteiger partial charge in [0.1, 0.15) is 5.75 Å². The number of carbonyl (C=O) groups is 1. The van der Waals surface area contributed by atoms with Gasteiger partial charge < -0.3 is 9.84 Å². The number of ether oxygens (including phenoxy) is 1. The monoisotopic (exact) mass is 279 g/mol. The van der Waals surface area contributed by atoms with Crippen LogP contribution in [0.1, 0.15) is 10.5 Å². The fourth-order valence-corrected chi connectivity index (χ4v) is 2.35. The van der Waals surface area contributed by atoms with E-state index < -0.39 is 5.97 Å². The van der Waals surface area contributed by atoms with Crippen LogP contribution in [0, 0.1) is 0 Å². The van der Waals surface area contributed by atoms with Gasteiger partial charge >= 0.3 is 5.97 Å². The molecule has 1 heterocycles. The molecule has 3 rings (SSSR count). The van der Waals surface area contributed by atoms with Crippen molar-refractivity contribution in [2.45, 2.75) is 0 Å². The molecular weight excluding hydrogens is 266 g/mol. The number of nitrogens with zero attached hydrogens (tertiary/aromatic N) is 1. The second kappa shape index (κ2) is 5.25. The lowest BCUT2D eigenvalue weighted by Crippen LogP contribution is -2.02. The van der Waals surface area contributed by atoms with Gasteiger partial charge in [-0.15, -0.1) is 0 Å². The third kappa shape index (κ3) is 2.31. The van der Waals surface area contributed by atoms with Crippen molar-refractivity contribution in [3.63, 3.8) is 0 Å². The molecule has 0 atom stereocenters. The Bertz CT molecular complexity index is 813. The van der Waals surface area contributed by atoms with Gasteiger partial charge in [-0.05, 0) is 11.6 Å². The maximum Gasteiger partial charge on any atom is 0.354 e. The van der Waals surface area contributed by atoms with Crippen molar-refractivity contribution in [1.82, 2.24) is 4.98 Å². The Labute approximate surface area is 121 Å². The van der Waals surface area contributed by atoms with Crippen molar-refractivity contribution in [3.05, 3.63) is 60.3 Å². The van der Waals surface area contributed by atoms with E-state index in [4.69, 9.17) is 4.74 Å². The summed E-state index contributed by atoms with van der Waals surface area (Å²) in [7, 11) is 1.52. The van der Waals surface area contributed by atoms with Crippen LogP contribution >= 0.6 is 0 Å². The summed E-state index contributed by atoms with van der Waals surface area (Å²) in [5, 5.41) is 10.0. The molecule has 0 amide bonds. The molecular formula is C17H13NO3. The first-order chi connectivity index (χ1) is 10.2. The molecule has 0 aliphatic heterocycles. The van der Waals surface area contributed by atoms with Gasteiger partial charge in [0.15, 0.2) is 5.69 Å². The van der Waals surface area contributed by atoms with Gasteiger partial charge in [-0.2, -0.15) is 0 Å². The van der Waals surface area contributed by atoms with Gasteiger partial charge in [0.05, 0.1) is 12.6 Å². The minimum Gasteiger partial charge on any atom is -0.496 e. The molecule has 0 spiro atoms. The van der Waals surface area contributed by atoms with Crippen molar-refractivity contribution in [3.8, 4) is 16.9 Å². The largest absolute Gasteiger partial charge is 0.496 e. The van der Waals surface area contributed by atoms with Crippen molar-refractivity contribution in [2.24, 2.45) is 0 Å². The Kier molecular flexibility index (Phi) is 3.28. The number of rotatable bonds is 3. The Morgan fingerprint density at radius 2 is 1.86 bits per heavy atom. The summed E-state index contributed by atoms with van der Waals surface area (Å²) in [5.74, 6) is -0.562. The number of hydrogen-bond acceptors (Lipinski definition) is 3. The van der Waals surface area contributed by atoms with Gasteiger partial charge in [-0.1, -0.05) is 42.5 Å². The van der Waals surface area contributed by atoms with Crippen LogP contribution in [0.25, 0.3) is 22.0 Å². The summed E-state index contributed by atoms with van der Waals surface area (Å²) < 4.78 is 5.31. The highest BCUT2D eigenvalue weighted by Crippen LogP contribution is 2.32. The third-order valence-electron chi connectivity index (χ3n) is 3.33. The van der Waals surface area contributed by atoms with Crippen molar-refractivity contribution >= 4 is 16.9 Å². The average molecular weight is 279 g/mol. The van der Waals surface area contributed by atoms with Crippen LogP contribution < -0.4 is 4.74 Å². The second-order valence-corrected chi connectivity index (χ2v) is 4.58. The lowest BCUT2D eigenvalue weighted by atomic mass is 10.0. The third-order valence-corrected chi connectivity index (χ3v) is 3.33. The minimum absolute atomic E-state index is 0.0252. The average Bonchev–Trinajstić information content (AvgIpc) is 2.53. The number of fused-ring (bicyclic) bond motifs is 1. The van der Waals surface area contributed by atoms with Crippen molar-refractivity contribution in [1.29, 1.82) is 0 Å². The lowest BCUT2D eigenvalue weighted by molar-refractivity contribution is 0.0690. The van der Waals surface area contributed by atoms with E-state index >= 15 is 0 Å². The molecule has 0 bridgehead atoms. The first kappa shape index (κ1) is 13.1. The van der Waals surface area contributed by atoms with E-state index in [0.717, 1.165) is 16.5 Å². The number of para-hydroxylation sites is 1. The first-order valence-corrected chi connectivity index (χ1v) is 6.47. The van der Waals surface area contributed by atoms with Crippen molar-refractivity contribution in [2.75, 3.05) is 7.11 Å². The van der Waals surface area contributed by atoms with Crippen LogP contribution in [0.4, 0.5) is 0 Å². The highest BCUT2D eigenvalue weighted by atomic mass is 16.5. The van der Waals surface area contributed by atoms with E-state index in [1.807, 2.05) is 48.5 Å². The summed E-state index contributed by atoms with van der Waals surface area (Å²) in [6, 6.07) is 16.9. The maximum atomic E-state index is 11.2. The zero-order valence-corrected chi connectivity index (χ0v) is 11.4. The molecule has 0 radical (unpaired) electrons. The quantitative estimate of drug-likeness (QED) is 0.795. The number of carboxylic acids is 1. The van der Waals surface area contributed by atoms with E-state index in [1.54, 1.807) is 0 Å². The molecule has 104 valence electrons. The van der Waals surface area contributed by atoms with Gasteiger partial charge in [0.2, 0.25) is 0 Å². The summed E-state index contributed by atoms with van der Waals surface area (Å²) in [6.45, 7) is 0. The van der Waals surface area contributed by atoms with E-state index in [0.29, 0.717) is 11.3 Å². The summed E-state index contributed by atoms with van der Waals surface area (Å²) in [4.78, 5) is 15.5. The van der Waals surface area contributed by atoms with Crippen LogP contribution in [-0.4, -0.2) is 23.2 Å². The molecule has 0 fully saturated rings. The second-order valence-electron chi connectivity index (χ2n) is 4.58. The zero-order chi connectivity index (χ0) is 14.8. The molecule has 1 N–H and O–H groups in total. The zero-order valence-electron chi connectivity index (χ0n) is 11.4. The number of aromatic carboxylic acids is 1. The predicted octanol–water partition coefficient (Wildman–Crippen LogP) is 3.61. The normalized spacial score (nSPS) is 10.5. The molecule has 4 heteroatoms. The Morgan fingerprint density at radius 3 is 2.52 bits per heavy atom. The number of methoxy groups -OCH3 is 1. The standard InChI is InChI=1S/C17H13NO3/c1-21-15-10-14(17(19)20)18-16-12(8-5-9-13(15)16)11-6-3-2-4-7-11/h2-10H,1H3,(H,19,20). The predicted molar refractivity (Wildman–Crippen MR) is 80.7 cm³/mol. The SMILES string of the molecule is COc1cc(C(=O)O)nc2c(-c3ccccc3)cccc12. The Hall–Kier alpha value is -2.88. The Balaban J connectivity index is 2.36. The number of pyridine rings is 1. The molecule has 0 aliphatic rings. The first-order valence-electron chi connectivity index (χ1n) is 6.47. The molecule has 2 aromatic carbocycles. The van der Waals surface area contributed by atoms with Gasteiger partial charge in [0.25, 0.3) is 0 Å². The van der Waals surface area contributed by atoms with E-state index in [2.05, 4.69) is 4.98 Å². The Morgan fingerprint density at radius 1 is 1.10 bits per heavy atom. The summed E-state index contributed by atoms with van der Waals surface area (Å²) in [6.07, 6.45) is 0. The smallest absolute Gasteiger partial charge is 0.354 e. The number of aromatic nitrogens is 1. The van der Waals surface area contributed by atoms with Crippen LogP contribution in [0.5, 0.6) is 5.75 Å². The molecule has 1 aromatic heterocycles. The summed E-state index contributed by atoms with van der Waals surface area (Å²) >= 11 is 0. The van der Waals surface area contributed by atoms with Crippen LogP contribution in [0.15, 0.2) is 54.6 Å². The fourth-order valence-electron chi connectivity index (χ4n) is 2.35. The molecule has 0 saturated heterocycles. The van der Waals surface area contributed by atoms with E-state index in [9.17, 15) is 9.90 Å². The molecule has 3 aromatic rings. The number of carboxylic acid groups (broad SMARTS) is 1. The van der Waals surface area contributed by atoms with Crippen LogP contribution in [-0.2, 0) is 0 Å². The van der Waals surface area contributed by atoms with Crippen LogP contribution in [0.2, 0.25) is 0 Å². The van der Waals surface area contributed by atoms with Crippen molar-refractivity contribution < 1.29 is 14.6 Å². The van der Waals surface area contributed by atoms with Gasteiger partial charge in [-0.25, -0.2) is 9.78 Å². The van der Waals surface area contributed by atoms with E-state index in [1.165, 1.54) is 13.2 Å². The van der Waals surface area contributed by atoms with Gasteiger partial charge in [0, 0.05) is 17.0 Å².